The summed E-state index contributed by atoms with van der Waals surface area (Å²) in [6.07, 6.45) is 2.39. The molecule has 0 N–H and O–H groups in total. The Bertz CT molecular complexity index is 1050. The predicted octanol–water partition coefficient (Wildman–Crippen LogP) is 4.25. The molecule has 0 amide bonds. The lowest BCUT2D eigenvalue weighted by atomic mass is 9.59. The highest BCUT2D eigenvalue weighted by Gasteiger charge is 2.58. The average Bonchev–Trinajstić information content (AvgIpc) is 3.05. The standard InChI is InChI=1S/C27H34N2O4/c1-17-14-21(32-26(30)18-6-9-20(10-7-18)28(2)3)15-23-27(17)12-13-29(4)16-19-8-11-22(31-5)25(33-23)24(19)27/h6-11,17,21,23H,12-16H2,1-5H3/t17?,21-,23?,27+/m0/s1. The second-order valence-electron chi connectivity index (χ2n) is 10.1. The van der Waals surface area contributed by atoms with E-state index < -0.39 is 0 Å². The molecule has 5 rings (SSSR count). The molecule has 6 nitrogen and oxygen atoms in total. The molecule has 33 heavy (non-hydrogen) atoms. The van der Waals surface area contributed by atoms with Gasteiger partial charge in [-0.25, -0.2) is 4.79 Å². The van der Waals surface area contributed by atoms with Crippen LogP contribution < -0.4 is 14.4 Å². The summed E-state index contributed by atoms with van der Waals surface area (Å²) in [4.78, 5) is 17.3. The number of carbonyl (C=O) groups excluding carboxylic acids is 1. The summed E-state index contributed by atoms with van der Waals surface area (Å²) < 4.78 is 18.3. The van der Waals surface area contributed by atoms with Gasteiger partial charge < -0.3 is 24.0 Å². The zero-order valence-corrected chi connectivity index (χ0v) is 20.3. The molecule has 176 valence electrons. The Morgan fingerprint density at radius 2 is 1.91 bits per heavy atom. The van der Waals surface area contributed by atoms with Crippen LogP contribution in [0.4, 0.5) is 5.69 Å². The summed E-state index contributed by atoms with van der Waals surface area (Å²) in [5.74, 6) is 1.76. The first kappa shape index (κ1) is 22.1. The van der Waals surface area contributed by atoms with Gasteiger partial charge in [0.2, 0.25) is 0 Å². The van der Waals surface area contributed by atoms with Gasteiger partial charge in [-0.3, -0.25) is 0 Å². The summed E-state index contributed by atoms with van der Waals surface area (Å²) in [5, 5.41) is 0. The van der Waals surface area contributed by atoms with Gasteiger partial charge in [0.05, 0.1) is 12.7 Å². The number of hydrogen-bond donors (Lipinski definition) is 0. The third kappa shape index (κ3) is 3.55. The number of ether oxygens (including phenoxy) is 3. The Morgan fingerprint density at radius 1 is 1.15 bits per heavy atom. The molecule has 0 radical (unpaired) electrons. The zero-order valence-electron chi connectivity index (χ0n) is 20.3. The van der Waals surface area contributed by atoms with E-state index in [0.29, 0.717) is 17.9 Å². The minimum Gasteiger partial charge on any atom is -0.493 e. The molecule has 2 aromatic carbocycles. The predicted molar refractivity (Wildman–Crippen MR) is 128 cm³/mol. The van der Waals surface area contributed by atoms with E-state index in [1.54, 1.807) is 7.11 Å². The van der Waals surface area contributed by atoms with Crippen molar-refractivity contribution in [2.45, 2.75) is 50.4 Å². The molecular weight excluding hydrogens is 416 g/mol. The van der Waals surface area contributed by atoms with Crippen molar-refractivity contribution >= 4 is 11.7 Å². The number of carbonyl (C=O) groups is 1. The van der Waals surface area contributed by atoms with Gasteiger partial charge in [-0.05, 0) is 68.2 Å². The summed E-state index contributed by atoms with van der Waals surface area (Å²) in [7, 11) is 7.86. The Kier molecular flexibility index (Phi) is 5.52. The van der Waals surface area contributed by atoms with Crippen LogP contribution in [0.15, 0.2) is 36.4 Å². The number of esters is 1. The lowest BCUT2D eigenvalue weighted by Crippen LogP contribution is -2.52. The van der Waals surface area contributed by atoms with Crippen molar-refractivity contribution in [1.29, 1.82) is 0 Å². The summed E-state index contributed by atoms with van der Waals surface area (Å²) in [6, 6.07) is 11.8. The highest BCUT2D eigenvalue weighted by Crippen LogP contribution is 2.59. The smallest absolute Gasteiger partial charge is 0.338 e. The fourth-order valence-corrected chi connectivity index (χ4v) is 6.18. The maximum atomic E-state index is 12.9. The van der Waals surface area contributed by atoms with E-state index in [2.05, 4.69) is 24.9 Å². The molecule has 0 saturated heterocycles. The summed E-state index contributed by atoms with van der Waals surface area (Å²) >= 11 is 0. The second-order valence-corrected chi connectivity index (χ2v) is 10.1. The van der Waals surface area contributed by atoms with Crippen LogP contribution in [0.3, 0.4) is 0 Å². The van der Waals surface area contributed by atoms with Gasteiger partial charge in [0.25, 0.3) is 0 Å². The topological polar surface area (TPSA) is 51.2 Å². The van der Waals surface area contributed by atoms with Crippen molar-refractivity contribution in [3.8, 4) is 11.5 Å². The molecule has 4 atom stereocenters. The van der Waals surface area contributed by atoms with E-state index >= 15 is 0 Å². The number of hydrogen-bond acceptors (Lipinski definition) is 6. The average molecular weight is 451 g/mol. The Labute approximate surface area is 196 Å². The van der Waals surface area contributed by atoms with E-state index in [1.807, 2.05) is 49.3 Å². The first-order chi connectivity index (χ1) is 15.8. The third-order valence-electron chi connectivity index (χ3n) is 7.94. The first-order valence-corrected chi connectivity index (χ1v) is 11.9. The number of methoxy groups -OCH3 is 1. The van der Waals surface area contributed by atoms with Crippen molar-refractivity contribution in [3.05, 3.63) is 53.1 Å². The van der Waals surface area contributed by atoms with Crippen LogP contribution in [0.25, 0.3) is 0 Å². The summed E-state index contributed by atoms with van der Waals surface area (Å²) in [6.45, 7) is 4.23. The lowest BCUT2D eigenvalue weighted by Gasteiger charge is -2.46. The summed E-state index contributed by atoms with van der Waals surface area (Å²) in [5.41, 5.74) is 4.23. The molecule has 1 fully saturated rings. The third-order valence-corrected chi connectivity index (χ3v) is 7.94. The van der Waals surface area contributed by atoms with Crippen LogP contribution in [0.2, 0.25) is 0 Å². The molecule has 0 bridgehead atoms. The minimum atomic E-state index is -0.261. The number of anilines is 1. The highest BCUT2D eigenvalue weighted by molar-refractivity contribution is 5.90. The fourth-order valence-electron chi connectivity index (χ4n) is 6.18. The molecule has 6 heteroatoms. The molecule has 1 aliphatic carbocycles. The van der Waals surface area contributed by atoms with Gasteiger partial charge in [-0.1, -0.05) is 13.0 Å². The van der Waals surface area contributed by atoms with Gasteiger partial charge in [0.1, 0.15) is 12.2 Å². The molecule has 2 aliphatic heterocycles. The van der Waals surface area contributed by atoms with Crippen molar-refractivity contribution in [2.75, 3.05) is 39.7 Å². The molecule has 2 unspecified atom stereocenters. The Balaban J connectivity index is 1.41. The van der Waals surface area contributed by atoms with Gasteiger partial charge in [-0.2, -0.15) is 0 Å². The van der Waals surface area contributed by atoms with Crippen molar-refractivity contribution < 1.29 is 19.0 Å². The molecule has 1 spiro atoms. The van der Waals surface area contributed by atoms with Gasteiger partial charge in [-0.15, -0.1) is 0 Å². The monoisotopic (exact) mass is 450 g/mol. The largest absolute Gasteiger partial charge is 0.493 e. The molecule has 0 aromatic heterocycles. The zero-order chi connectivity index (χ0) is 23.3. The van der Waals surface area contributed by atoms with E-state index in [4.69, 9.17) is 14.2 Å². The van der Waals surface area contributed by atoms with Crippen molar-refractivity contribution in [2.24, 2.45) is 5.92 Å². The lowest BCUT2D eigenvalue weighted by molar-refractivity contribution is -0.0378. The van der Waals surface area contributed by atoms with E-state index in [9.17, 15) is 4.79 Å². The van der Waals surface area contributed by atoms with Crippen LogP contribution in [-0.4, -0.2) is 57.9 Å². The number of benzene rings is 2. The Morgan fingerprint density at radius 3 is 2.61 bits per heavy atom. The van der Waals surface area contributed by atoms with Gasteiger partial charge in [0.15, 0.2) is 11.5 Å². The molecule has 2 aromatic rings. The molecule has 3 aliphatic rings. The van der Waals surface area contributed by atoms with Crippen molar-refractivity contribution in [3.63, 3.8) is 0 Å². The number of rotatable bonds is 4. The van der Waals surface area contributed by atoms with E-state index in [1.165, 1.54) is 11.1 Å². The first-order valence-electron chi connectivity index (χ1n) is 11.9. The van der Waals surface area contributed by atoms with E-state index in [-0.39, 0.29) is 23.6 Å². The highest BCUT2D eigenvalue weighted by atomic mass is 16.6. The second kappa shape index (κ2) is 8.24. The maximum Gasteiger partial charge on any atom is 0.338 e. The van der Waals surface area contributed by atoms with Crippen LogP contribution in [0, 0.1) is 5.92 Å². The molecule has 1 saturated carbocycles. The van der Waals surface area contributed by atoms with Gasteiger partial charge in [0, 0.05) is 43.7 Å². The van der Waals surface area contributed by atoms with Crippen LogP contribution in [0.5, 0.6) is 11.5 Å². The minimum absolute atomic E-state index is 0.0216. The van der Waals surface area contributed by atoms with Crippen LogP contribution in [-0.2, 0) is 16.7 Å². The maximum absolute atomic E-state index is 12.9. The normalized spacial score (nSPS) is 28.2. The van der Waals surface area contributed by atoms with E-state index in [0.717, 1.165) is 43.1 Å². The quantitative estimate of drug-likeness (QED) is 0.649. The number of nitrogens with zero attached hydrogens (tertiary/aromatic N) is 2. The van der Waals surface area contributed by atoms with Crippen molar-refractivity contribution in [1.82, 2.24) is 4.90 Å². The Hall–Kier alpha value is -2.73. The van der Waals surface area contributed by atoms with Crippen LogP contribution >= 0.6 is 0 Å². The van der Waals surface area contributed by atoms with Gasteiger partial charge >= 0.3 is 5.97 Å². The molecular formula is C27H34N2O4. The fraction of sp³-hybridized carbons (Fsp3) is 0.519. The SMILES string of the molecule is COc1ccc2c3c1OC1C[C@@H](OC(=O)c4ccc(N(C)C)cc4)CC(C)[C@@]31CCN(C)C2. The molecule has 2 heterocycles. The van der Waals surface area contributed by atoms with Crippen LogP contribution in [0.1, 0.15) is 47.7 Å².